The first-order chi connectivity index (χ1) is 33.4. The van der Waals surface area contributed by atoms with Crippen LogP contribution in [0.1, 0.15) is 98.7 Å². The van der Waals surface area contributed by atoms with E-state index < -0.39 is 31.4 Å². The van der Waals surface area contributed by atoms with Crippen molar-refractivity contribution < 1.29 is 41.8 Å². The average molecular weight is 962 g/mol. The molecule has 17 nitrogen and oxygen atoms in total. The van der Waals surface area contributed by atoms with Gasteiger partial charge in [-0.15, -0.1) is 0 Å². The van der Waals surface area contributed by atoms with E-state index in [0.717, 1.165) is 62.5 Å². The second kappa shape index (κ2) is 18.4. The van der Waals surface area contributed by atoms with Crippen LogP contribution in [0.5, 0.6) is 23.1 Å². The molecule has 69 heavy (non-hydrogen) atoms. The molecule has 7 heterocycles. The smallest absolute Gasteiger partial charge is 0.297 e. The summed E-state index contributed by atoms with van der Waals surface area (Å²) in [5, 5.41) is 16.4. The van der Waals surface area contributed by atoms with Crippen molar-refractivity contribution in [2.45, 2.75) is 100 Å². The van der Waals surface area contributed by atoms with Crippen molar-refractivity contribution in [3.8, 4) is 23.1 Å². The Morgan fingerprint density at radius 3 is 2.51 bits per heavy atom. The van der Waals surface area contributed by atoms with Gasteiger partial charge >= 0.3 is 0 Å². The largest absolute Gasteiger partial charge is 0.489 e. The first-order valence-electron chi connectivity index (χ1n) is 24.4. The molecule has 5 fully saturated rings. The number of anilines is 2. The Hall–Kier alpha value is -5.95. The maximum absolute atomic E-state index is 14.3. The van der Waals surface area contributed by atoms with Crippen LogP contribution < -0.4 is 29.1 Å². The zero-order chi connectivity index (χ0) is 47.4. The number of likely N-dealkylation sites (tertiary alicyclic amines) is 1. The minimum absolute atomic E-state index is 0.0131. The molecule has 1 saturated carbocycles. The zero-order valence-electron chi connectivity index (χ0n) is 39.0. The molecule has 1 spiro atoms. The third-order valence-corrected chi connectivity index (χ3v) is 16.7. The number of hydrogen-bond acceptors (Lipinski definition) is 14. The summed E-state index contributed by atoms with van der Waals surface area (Å²) in [7, 11) is -4.69. The number of carbonyl (C=O) groups excluding carboxylic acids is 1. The molecular formula is C51H59N7O10S. The molecule has 0 radical (unpaired) electrons. The number of amides is 1. The van der Waals surface area contributed by atoms with Gasteiger partial charge in [-0.05, 0) is 111 Å². The molecule has 11 rings (SSSR count). The minimum Gasteiger partial charge on any atom is -0.489 e. The minimum atomic E-state index is -4.69. The number of piperidine rings is 1. The molecule has 3 N–H and O–H groups in total. The van der Waals surface area contributed by atoms with Crippen LogP contribution in [0.2, 0.25) is 0 Å². The number of aromatic amines is 1. The van der Waals surface area contributed by atoms with E-state index in [1.54, 1.807) is 24.4 Å². The monoisotopic (exact) mass is 961 g/mol. The summed E-state index contributed by atoms with van der Waals surface area (Å²) in [5.41, 5.74) is 4.16. The number of nitrogens with one attached hydrogen (secondary N) is 3. The van der Waals surface area contributed by atoms with E-state index in [2.05, 4.69) is 67.9 Å². The second-order valence-electron chi connectivity index (χ2n) is 20.0. The maximum atomic E-state index is 14.3. The molecule has 1 aliphatic carbocycles. The highest BCUT2D eigenvalue weighted by atomic mass is 32.2. The van der Waals surface area contributed by atoms with E-state index in [4.69, 9.17) is 23.7 Å². The number of benzene rings is 3. The van der Waals surface area contributed by atoms with Crippen LogP contribution in [0, 0.1) is 21.4 Å². The number of ether oxygens (including phenoxy) is 5. The molecule has 0 bridgehead atoms. The van der Waals surface area contributed by atoms with Crippen LogP contribution in [-0.2, 0) is 19.5 Å². The number of H-pyrrole nitrogens is 1. The van der Waals surface area contributed by atoms with Crippen LogP contribution in [0.25, 0.3) is 11.0 Å². The number of pyridine rings is 1. The third-order valence-electron chi connectivity index (χ3n) is 15.4. The lowest BCUT2D eigenvalue weighted by atomic mass is 9.59. The first kappa shape index (κ1) is 45.5. The van der Waals surface area contributed by atoms with Crippen LogP contribution in [0.4, 0.5) is 17.1 Å². The number of hydrogen-bond donors (Lipinski definition) is 3. The molecule has 0 unspecified atom stereocenters. The van der Waals surface area contributed by atoms with Gasteiger partial charge in [0, 0.05) is 73.9 Å². The average Bonchev–Trinajstić information content (AvgIpc) is 4.01. The van der Waals surface area contributed by atoms with Crippen molar-refractivity contribution in [3.63, 3.8) is 0 Å². The van der Waals surface area contributed by atoms with Crippen molar-refractivity contribution >= 4 is 44.0 Å². The normalized spacial score (nSPS) is 22.1. The van der Waals surface area contributed by atoms with E-state index in [1.165, 1.54) is 42.9 Å². The van der Waals surface area contributed by atoms with Crippen molar-refractivity contribution in [1.29, 1.82) is 0 Å². The highest BCUT2D eigenvalue weighted by Gasteiger charge is 2.50. The lowest BCUT2D eigenvalue weighted by Crippen LogP contribution is -2.54. The van der Waals surface area contributed by atoms with E-state index >= 15 is 0 Å². The Labute approximate surface area is 401 Å². The van der Waals surface area contributed by atoms with Crippen molar-refractivity contribution in [2.24, 2.45) is 11.3 Å². The van der Waals surface area contributed by atoms with Gasteiger partial charge in [-0.3, -0.25) is 19.8 Å². The van der Waals surface area contributed by atoms with E-state index in [1.807, 2.05) is 12.1 Å². The van der Waals surface area contributed by atoms with Gasteiger partial charge in [-0.1, -0.05) is 38.1 Å². The number of nitro groups is 1. The Morgan fingerprint density at radius 1 is 0.957 bits per heavy atom. The van der Waals surface area contributed by atoms with E-state index in [-0.39, 0.29) is 64.5 Å². The quantitative estimate of drug-likeness (QED) is 0.0750. The van der Waals surface area contributed by atoms with Crippen molar-refractivity contribution in [1.82, 2.24) is 19.6 Å². The van der Waals surface area contributed by atoms with Crippen LogP contribution in [0.15, 0.2) is 77.8 Å². The van der Waals surface area contributed by atoms with Gasteiger partial charge in [0.25, 0.3) is 27.5 Å². The Bertz CT molecular complexity index is 2860. The molecule has 1 amide bonds. The molecule has 18 heteroatoms. The first-order valence-corrected chi connectivity index (χ1v) is 25.9. The molecule has 6 aliphatic rings. The summed E-state index contributed by atoms with van der Waals surface area (Å²) in [6.07, 6.45) is 9.87. The van der Waals surface area contributed by atoms with Gasteiger partial charge in [0.15, 0.2) is 17.2 Å². The fourth-order valence-electron chi connectivity index (χ4n) is 11.5. The molecular weight excluding hydrogens is 903 g/mol. The Kier molecular flexibility index (Phi) is 12.1. The van der Waals surface area contributed by atoms with Crippen LogP contribution in [-0.4, -0.2) is 105 Å². The van der Waals surface area contributed by atoms with Crippen LogP contribution >= 0.6 is 0 Å². The second-order valence-corrected chi connectivity index (χ2v) is 21.7. The van der Waals surface area contributed by atoms with Crippen LogP contribution in [0.3, 0.4) is 0 Å². The zero-order valence-corrected chi connectivity index (χ0v) is 39.8. The summed E-state index contributed by atoms with van der Waals surface area (Å²) < 4.78 is 60.0. The number of nitrogens with zero attached hydrogens (tertiary/aromatic N) is 4. The number of nitro benzene ring substituents is 1. The highest BCUT2D eigenvalue weighted by Crippen LogP contribution is 2.54. The molecule has 2 aromatic heterocycles. The molecule has 2 atom stereocenters. The fourth-order valence-corrected chi connectivity index (χ4v) is 12.5. The number of aromatic nitrogens is 2. The van der Waals surface area contributed by atoms with Gasteiger partial charge in [0.2, 0.25) is 0 Å². The van der Waals surface area contributed by atoms with Gasteiger partial charge in [-0.25, -0.2) is 13.1 Å². The summed E-state index contributed by atoms with van der Waals surface area (Å²) in [5.74, 6) is 0.169. The summed E-state index contributed by atoms with van der Waals surface area (Å²) >= 11 is 0. The van der Waals surface area contributed by atoms with Gasteiger partial charge in [0.1, 0.15) is 24.1 Å². The highest BCUT2D eigenvalue weighted by molar-refractivity contribution is 7.90. The van der Waals surface area contributed by atoms with E-state index in [0.29, 0.717) is 50.1 Å². The molecule has 364 valence electrons. The van der Waals surface area contributed by atoms with Gasteiger partial charge in [0.05, 0.1) is 34.6 Å². The topological polar surface area (TPSA) is 200 Å². The van der Waals surface area contributed by atoms with Crippen molar-refractivity contribution in [3.05, 3.63) is 99.7 Å². The number of carbonyl (C=O) groups is 1. The maximum Gasteiger partial charge on any atom is 0.297 e. The number of sulfonamides is 1. The number of fused-ring (bicyclic) bond motifs is 2. The predicted octanol–water partition coefficient (Wildman–Crippen LogP) is 8.47. The van der Waals surface area contributed by atoms with Crippen molar-refractivity contribution in [2.75, 3.05) is 62.9 Å². The molecule has 5 aromatic rings. The summed E-state index contributed by atoms with van der Waals surface area (Å²) in [6.45, 7) is 9.44. The summed E-state index contributed by atoms with van der Waals surface area (Å²) in [6, 6.07) is 20.7. The van der Waals surface area contributed by atoms with Gasteiger partial charge in [-0.2, -0.15) is 4.98 Å². The summed E-state index contributed by atoms with van der Waals surface area (Å²) in [4.78, 5) is 38.5. The lowest BCUT2D eigenvalue weighted by Gasteiger charge is -2.56. The SMILES string of the molecule is CC(C)c1ccccc1[C@H]1CCCN1C1CC2(CCN(c3ccc(C(=O)NS(=O)(=O)c4cc5c(c([N+](=O)[O-])c4)N[C@@H](C4CCOCC4)CO5)c(Oc4cc5cc[nH]c5nc4OC4COC4)c3)CC2)C1. The molecule has 3 aromatic carbocycles. The predicted molar refractivity (Wildman–Crippen MR) is 258 cm³/mol. The lowest BCUT2D eigenvalue weighted by molar-refractivity contribution is -0.384. The third kappa shape index (κ3) is 8.96. The molecule has 4 saturated heterocycles. The Balaban J connectivity index is 0.843. The standard InChI is InChI=1S/C51H59N7O10S/c1-31(2)38-6-3-4-7-39(38)42-8-5-17-57(42)35-26-51(27-35)14-18-56(19-15-51)34-9-10-40(44(23-34)68-46-22-33-11-16-52-48(33)54-50(46)67-36-28-65-29-36)49(59)55-69(62,63)37-24-43(58(60)61)47-45(25-37)66-30-41(53-47)32-12-20-64-21-13-32/h3-4,6-7,9-11,16,22-25,31-32,35-36,41-42,53H,5,8,12-15,17-21,26-30H2,1-2H3,(H,52,54)(H,55,59)/t41-,42-/m1/s1. The fraction of sp³-hybridized carbons (Fsp3) is 0.490. The molecule has 5 aliphatic heterocycles. The van der Waals surface area contributed by atoms with Gasteiger partial charge < -0.3 is 38.9 Å². The Morgan fingerprint density at radius 2 is 1.75 bits per heavy atom. The number of rotatable bonds is 13. The van der Waals surface area contributed by atoms with E-state index in [9.17, 15) is 23.3 Å².